The number of carboxylic acid groups (broad SMARTS) is 1. The molecule has 0 radical (unpaired) electrons. The maximum atomic E-state index is 12.6. The van der Waals surface area contributed by atoms with E-state index in [1.54, 1.807) is 13.0 Å². The summed E-state index contributed by atoms with van der Waals surface area (Å²) in [6.45, 7) is 1.78. The van der Waals surface area contributed by atoms with Crippen LogP contribution in [0.15, 0.2) is 97.1 Å². The highest BCUT2D eigenvalue weighted by Gasteiger charge is 2.16. The number of rotatable bonds is 7. The fourth-order valence-electron chi connectivity index (χ4n) is 3.84. The van der Waals surface area contributed by atoms with E-state index in [1.807, 2.05) is 91.0 Å². The Hall–Kier alpha value is -4.09. The van der Waals surface area contributed by atoms with Crippen LogP contribution in [0.1, 0.15) is 24.2 Å². The summed E-state index contributed by atoms with van der Waals surface area (Å²) in [6, 6.07) is 30.2. The van der Waals surface area contributed by atoms with E-state index in [1.165, 1.54) is 0 Å². The average Bonchev–Trinajstić information content (AvgIpc) is 2.85. The Morgan fingerprint density at radius 1 is 0.829 bits per heavy atom. The van der Waals surface area contributed by atoms with Gasteiger partial charge in [0.2, 0.25) is 0 Å². The molecule has 0 saturated heterocycles. The zero-order chi connectivity index (χ0) is 24.8. The summed E-state index contributed by atoms with van der Waals surface area (Å²) >= 11 is 6.22. The Morgan fingerprint density at radius 2 is 1.40 bits per heavy atom. The molecule has 0 saturated carbocycles. The fraction of sp³-hybridized carbons (Fsp3) is 0.103. The van der Waals surface area contributed by atoms with Gasteiger partial charge in [0, 0.05) is 16.1 Å². The van der Waals surface area contributed by atoms with Crippen LogP contribution < -0.4 is 5.32 Å². The van der Waals surface area contributed by atoms with E-state index < -0.39 is 18.2 Å². The lowest BCUT2D eigenvalue weighted by Crippen LogP contribution is -2.16. The Kier molecular flexibility index (Phi) is 7.48. The molecule has 0 aliphatic carbocycles. The third kappa shape index (κ3) is 6.08. The highest BCUT2D eigenvalue weighted by atomic mass is 35.5. The molecule has 0 aliphatic rings. The maximum absolute atomic E-state index is 12.6. The molecule has 0 aliphatic heterocycles. The van der Waals surface area contributed by atoms with Crippen LogP contribution in [-0.4, -0.2) is 17.2 Å². The molecule has 1 unspecified atom stereocenters. The van der Waals surface area contributed by atoms with Gasteiger partial charge in [-0.25, -0.2) is 4.79 Å². The minimum atomic E-state index is -0.850. The van der Waals surface area contributed by atoms with Crippen LogP contribution >= 0.6 is 11.6 Å². The van der Waals surface area contributed by atoms with E-state index in [2.05, 4.69) is 5.32 Å². The number of aliphatic carboxylic acids is 1. The van der Waals surface area contributed by atoms with Crippen molar-refractivity contribution in [2.24, 2.45) is 0 Å². The van der Waals surface area contributed by atoms with Gasteiger partial charge in [0.25, 0.3) is 0 Å². The quantitative estimate of drug-likeness (QED) is 0.282. The Balaban J connectivity index is 1.48. The standard InChI is InChI=1S/C29H24ClNO4/c1-19(24-6-2-4-8-26(24)30)35-29(34)31-27-9-5-3-7-25(27)23-16-14-22(15-17-23)21-12-10-20(11-13-21)18-28(32)33/h2-17,19H,18H2,1H3,(H,31,34)(H,32,33). The van der Waals surface area contributed by atoms with Gasteiger partial charge in [-0.1, -0.05) is 96.5 Å². The fourth-order valence-corrected chi connectivity index (χ4v) is 4.13. The number of hydrogen-bond donors (Lipinski definition) is 2. The number of hydrogen-bond acceptors (Lipinski definition) is 3. The molecule has 0 aromatic heterocycles. The summed E-state index contributed by atoms with van der Waals surface area (Å²) in [5.74, 6) is -0.850. The summed E-state index contributed by atoms with van der Waals surface area (Å²) in [5, 5.41) is 12.3. The molecule has 4 rings (SSSR count). The number of anilines is 1. The summed E-state index contributed by atoms with van der Waals surface area (Å²) in [6.07, 6.45) is -1.07. The van der Waals surface area contributed by atoms with E-state index in [9.17, 15) is 9.59 Å². The molecule has 4 aromatic rings. The van der Waals surface area contributed by atoms with Gasteiger partial charge in [0.15, 0.2) is 0 Å². The van der Waals surface area contributed by atoms with Gasteiger partial charge in [0.05, 0.1) is 12.1 Å². The smallest absolute Gasteiger partial charge is 0.412 e. The van der Waals surface area contributed by atoms with Crippen LogP contribution in [0.5, 0.6) is 0 Å². The van der Waals surface area contributed by atoms with Crippen LogP contribution in [0.4, 0.5) is 10.5 Å². The van der Waals surface area contributed by atoms with Crippen molar-refractivity contribution in [3.63, 3.8) is 0 Å². The van der Waals surface area contributed by atoms with Crippen LogP contribution in [-0.2, 0) is 16.0 Å². The van der Waals surface area contributed by atoms with Crippen molar-refractivity contribution in [2.75, 3.05) is 5.32 Å². The number of carboxylic acids is 1. The van der Waals surface area contributed by atoms with E-state index in [0.717, 1.165) is 33.4 Å². The number of carbonyl (C=O) groups excluding carboxylic acids is 1. The number of nitrogens with one attached hydrogen (secondary N) is 1. The molecule has 176 valence electrons. The second kappa shape index (κ2) is 10.9. The summed E-state index contributed by atoms with van der Waals surface area (Å²) in [4.78, 5) is 23.5. The number of carbonyl (C=O) groups is 2. The van der Waals surface area contributed by atoms with Crippen LogP contribution in [0.2, 0.25) is 5.02 Å². The van der Waals surface area contributed by atoms with Gasteiger partial charge in [-0.2, -0.15) is 0 Å². The van der Waals surface area contributed by atoms with Gasteiger partial charge in [-0.15, -0.1) is 0 Å². The van der Waals surface area contributed by atoms with Crippen LogP contribution in [0, 0.1) is 0 Å². The molecular weight excluding hydrogens is 462 g/mol. The van der Waals surface area contributed by atoms with E-state index >= 15 is 0 Å². The maximum Gasteiger partial charge on any atom is 0.412 e. The Morgan fingerprint density at radius 3 is 2.06 bits per heavy atom. The first-order chi connectivity index (χ1) is 16.9. The number of halogens is 1. The highest BCUT2D eigenvalue weighted by molar-refractivity contribution is 6.31. The third-order valence-electron chi connectivity index (χ3n) is 5.63. The minimum absolute atomic E-state index is 0.00258. The van der Waals surface area contributed by atoms with Crippen molar-refractivity contribution in [2.45, 2.75) is 19.4 Å². The van der Waals surface area contributed by atoms with Crippen molar-refractivity contribution < 1.29 is 19.4 Å². The SMILES string of the molecule is CC(OC(=O)Nc1ccccc1-c1ccc(-c2ccc(CC(=O)O)cc2)cc1)c1ccccc1Cl. The number of amides is 1. The predicted octanol–water partition coefficient (Wildman–Crippen LogP) is 7.61. The molecule has 1 amide bonds. The number of ether oxygens (including phenoxy) is 1. The second-order valence-corrected chi connectivity index (χ2v) is 8.49. The van der Waals surface area contributed by atoms with Crippen molar-refractivity contribution in [3.8, 4) is 22.3 Å². The minimum Gasteiger partial charge on any atom is -0.481 e. The van der Waals surface area contributed by atoms with E-state index in [4.69, 9.17) is 21.4 Å². The summed E-state index contributed by atoms with van der Waals surface area (Å²) < 4.78 is 5.55. The molecule has 1 atom stereocenters. The summed E-state index contributed by atoms with van der Waals surface area (Å²) in [5.41, 5.74) is 5.93. The molecular formula is C29H24ClNO4. The molecule has 4 aromatic carbocycles. The van der Waals surface area contributed by atoms with Crippen molar-refractivity contribution in [1.29, 1.82) is 0 Å². The average molecular weight is 486 g/mol. The lowest BCUT2D eigenvalue weighted by Gasteiger charge is -2.17. The molecule has 0 fully saturated rings. The summed E-state index contributed by atoms with van der Waals surface area (Å²) in [7, 11) is 0. The first-order valence-corrected chi connectivity index (χ1v) is 11.5. The van der Waals surface area contributed by atoms with Gasteiger partial charge in [0.1, 0.15) is 6.10 Å². The van der Waals surface area contributed by atoms with E-state index in [0.29, 0.717) is 10.7 Å². The normalized spacial score (nSPS) is 11.5. The van der Waals surface area contributed by atoms with Gasteiger partial charge in [-0.05, 0) is 41.3 Å². The largest absolute Gasteiger partial charge is 0.481 e. The molecule has 5 nitrogen and oxygen atoms in total. The Labute approximate surface area is 209 Å². The molecule has 0 bridgehead atoms. The second-order valence-electron chi connectivity index (χ2n) is 8.08. The predicted molar refractivity (Wildman–Crippen MR) is 139 cm³/mol. The van der Waals surface area contributed by atoms with Crippen molar-refractivity contribution in [1.82, 2.24) is 0 Å². The molecule has 2 N–H and O–H groups in total. The Bertz CT molecular complexity index is 1330. The molecule has 0 heterocycles. The monoisotopic (exact) mass is 485 g/mol. The zero-order valence-corrected chi connectivity index (χ0v) is 19.8. The lowest BCUT2D eigenvalue weighted by atomic mass is 9.98. The third-order valence-corrected chi connectivity index (χ3v) is 5.97. The van der Waals surface area contributed by atoms with Crippen molar-refractivity contribution in [3.05, 3.63) is 113 Å². The number of benzene rings is 4. The van der Waals surface area contributed by atoms with E-state index in [-0.39, 0.29) is 6.42 Å². The van der Waals surface area contributed by atoms with Gasteiger partial charge < -0.3 is 9.84 Å². The highest BCUT2D eigenvalue weighted by Crippen LogP contribution is 2.31. The number of para-hydroxylation sites is 1. The van der Waals surface area contributed by atoms with Gasteiger partial charge >= 0.3 is 12.1 Å². The van der Waals surface area contributed by atoms with Crippen LogP contribution in [0.3, 0.4) is 0 Å². The zero-order valence-electron chi connectivity index (χ0n) is 19.1. The topological polar surface area (TPSA) is 75.6 Å². The lowest BCUT2D eigenvalue weighted by molar-refractivity contribution is -0.136. The first-order valence-electron chi connectivity index (χ1n) is 11.1. The molecule has 35 heavy (non-hydrogen) atoms. The first kappa shape index (κ1) is 24.0. The molecule has 0 spiro atoms. The molecule has 6 heteroatoms. The van der Waals surface area contributed by atoms with Crippen molar-refractivity contribution >= 4 is 29.4 Å². The van der Waals surface area contributed by atoms with Gasteiger partial charge in [-0.3, -0.25) is 10.1 Å². The van der Waals surface area contributed by atoms with Crippen LogP contribution in [0.25, 0.3) is 22.3 Å².